The first kappa shape index (κ1) is 23.5. The van der Waals surface area contributed by atoms with Crippen LogP contribution in [0.15, 0.2) is 48.7 Å². The van der Waals surface area contributed by atoms with E-state index in [4.69, 9.17) is 9.47 Å². The van der Waals surface area contributed by atoms with E-state index in [9.17, 15) is 14.4 Å². The molecule has 1 fully saturated rings. The number of nitrogens with one attached hydrogen (secondary N) is 2. The third-order valence-electron chi connectivity index (χ3n) is 6.20. The molecule has 0 bridgehead atoms. The molecule has 1 saturated carbocycles. The Bertz CT molecular complexity index is 1170. The van der Waals surface area contributed by atoms with Gasteiger partial charge in [-0.3, -0.25) is 14.6 Å². The number of fused-ring (bicyclic) bond motifs is 1. The Morgan fingerprint density at radius 3 is 2.65 bits per heavy atom. The molecule has 4 rings (SSSR count). The molecule has 0 spiro atoms. The summed E-state index contributed by atoms with van der Waals surface area (Å²) in [6, 6.07) is 11.8. The molecule has 8 heteroatoms. The minimum absolute atomic E-state index is 0.0505. The minimum atomic E-state index is -0.874. The van der Waals surface area contributed by atoms with Gasteiger partial charge in [-0.15, -0.1) is 0 Å². The van der Waals surface area contributed by atoms with E-state index in [2.05, 4.69) is 15.3 Å². The molecule has 1 aliphatic rings. The number of amides is 1. The number of aromatic amines is 1. The van der Waals surface area contributed by atoms with Crippen LogP contribution in [0.4, 0.5) is 0 Å². The van der Waals surface area contributed by atoms with Gasteiger partial charge in [0.2, 0.25) is 5.91 Å². The number of Topliss-reactive ketones (excluding diaryl/α,β-unsaturated/α-hetero) is 1. The number of ketones is 1. The fourth-order valence-electron chi connectivity index (χ4n) is 4.18. The Morgan fingerprint density at radius 2 is 1.97 bits per heavy atom. The van der Waals surface area contributed by atoms with Crippen LogP contribution < -0.4 is 10.1 Å². The SMILES string of the molecule is COC(=O)[C@H](Cc1ccccn1)NC(=O)[C@@H](CC(=O)c1cc2c(OC)cccc2[nH]1)CC1CC1. The van der Waals surface area contributed by atoms with Gasteiger partial charge in [-0.25, -0.2) is 4.79 Å². The van der Waals surface area contributed by atoms with E-state index in [0.717, 1.165) is 23.7 Å². The predicted molar refractivity (Wildman–Crippen MR) is 127 cm³/mol. The van der Waals surface area contributed by atoms with Gasteiger partial charge in [-0.1, -0.05) is 25.0 Å². The monoisotopic (exact) mass is 463 g/mol. The molecule has 2 heterocycles. The van der Waals surface area contributed by atoms with Gasteiger partial charge < -0.3 is 19.8 Å². The zero-order chi connectivity index (χ0) is 24.1. The highest BCUT2D eigenvalue weighted by Gasteiger charge is 2.33. The first-order valence-corrected chi connectivity index (χ1v) is 11.5. The van der Waals surface area contributed by atoms with Crippen LogP contribution in [0.25, 0.3) is 10.9 Å². The van der Waals surface area contributed by atoms with Crippen LogP contribution in [0.3, 0.4) is 0 Å². The minimum Gasteiger partial charge on any atom is -0.496 e. The maximum Gasteiger partial charge on any atom is 0.328 e. The highest BCUT2D eigenvalue weighted by atomic mass is 16.5. The lowest BCUT2D eigenvalue weighted by molar-refractivity contribution is -0.145. The molecule has 0 unspecified atom stereocenters. The van der Waals surface area contributed by atoms with Gasteiger partial charge in [-0.2, -0.15) is 0 Å². The smallest absolute Gasteiger partial charge is 0.328 e. The molecule has 3 aromatic rings. The molecule has 178 valence electrons. The summed E-state index contributed by atoms with van der Waals surface area (Å²) >= 11 is 0. The second kappa shape index (κ2) is 10.5. The fraction of sp³-hybridized carbons (Fsp3) is 0.385. The molecule has 1 aliphatic carbocycles. The number of ether oxygens (including phenoxy) is 2. The first-order valence-electron chi connectivity index (χ1n) is 11.5. The molecule has 8 nitrogen and oxygen atoms in total. The predicted octanol–water partition coefficient (Wildman–Crippen LogP) is 3.46. The average molecular weight is 464 g/mol. The summed E-state index contributed by atoms with van der Waals surface area (Å²) in [5, 5.41) is 3.63. The van der Waals surface area contributed by atoms with Crippen molar-refractivity contribution in [2.75, 3.05) is 14.2 Å². The van der Waals surface area contributed by atoms with Crippen molar-refractivity contribution >= 4 is 28.6 Å². The molecule has 1 aromatic carbocycles. The van der Waals surface area contributed by atoms with Crippen molar-refractivity contribution in [3.8, 4) is 5.75 Å². The van der Waals surface area contributed by atoms with Gasteiger partial charge in [0.25, 0.3) is 0 Å². The highest BCUT2D eigenvalue weighted by Crippen LogP contribution is 2.37. The Kier molecular flexibility index (Phi) is 7.25. The Balaban J connectivity index is 1.49. The van der Waals surface area contributed by atoms with Crippen molar-refractivity contribution < 1.29 is 23.9 Å². The van der Waals surface area contributed by atoms with E-state index in [1.165, 1.54) is 7.11 Å². The molecule has 2 atom stereocenters. The summed E-state index contributed by atoms with van der Waals surface area (Å²) in [6.07, 6.45) is 4.61. The maximum atomic E-state index is 13.2. The molecule has 34 heavy (non-hydrogen) atoms. The molecule has 0 radical (unpaired) electrons. The van der Waals surface area contributed by atoms with Crippen LogP contribution in [-0.4, -0.2) is 47.9 Å². The zero-order valence-corrected chi connectivity index (χ0v) is 19.4. The van der Waals surface area contributed by atoms with Gasteiger partial charge in [0.05, 0.1) is 19.9 Å². The van der Waals surface area contributed by atoms with Crippen molar-refractivity contribution in [1.29, 1.82) is 0 Å². The van der Waals surface area contributed by atoms with Crippen LogP contribution in [0.1, 0.15) is 41.9 Å². The van der Waals surface area contributed by atoms with E-state index in [-0.39, 0.29) is 24.5 Å². The normalized spacial score (nSPS) is 14.9. The lowest BCUT2D eigenvalue weighted by Crippen LogP contribution is -2.46. The highest BCUT2D eigenvalue weighted by molar-refractivity contribution is 6.02. The van der Waals surface area contributed by atoms with Crippen molar-refractivity contribution in [2.24, 2.45) is 11.8 Å². The molecule has 0 saturated heterocycles. The van der Waals surface area contributed by atoms with Crippen molar-refractivity contribution in [1.82, 2.24) is 15.3 Å². The topological polar surface area (TPSA) is 110 Å². The summed E-state index contributed by atoms with van der Waals surface area (Å²) in [5.74, 6) is -0.449. The number of hydrogen-bond acceptors (Lipinski definition) is 6. The number of pyridine rings is 1. The quantitative estimate of drug-likeness (QED) is 0.333. The largest absolute Gasteiger partial charge is 0.496 e. The van der Waals surface area contributed by atoms with E-state index < -0.39 is 17.9 Å². The van der Waals surface area contributed by atoms with Crippen LogP contribution in [0, 0.1) is 11.8 Å². The lowest BCUT2D eigenvalue weighted by atomic mass is 9.93. The molecule has 2 N–H and O–H groups in total. The van der Waals surface area contributed by atoms with Crippen molar-refractivity contribution in [3.63, 3.8) is 0 Å². The number of carbonyl (C=O) groups excluding carboxylic acids is 3. The average Bonchev–Trinajstić information content (AvgIpc) is 3.56. The third kappa shape index (κ3) is 5.62. The summed E-state index contributed by atoms with van der Waals surface area (Å²) in [7, 11) is 2.87. The molecule has 1 amide bonds. The standard InChI is InChI=1S/C26H29N3O5/c1-33-24-8-5-7-20-19(24)15-21(28-20)23(30)13-17(12-16-9-10-16)25(31)29-22(26(32)34-2)14-18-6-3-4-11-27-18/h3-8,11,15-17,22,28H,9-10,12-14H2,1-2H3,(H,29,31)/t17-,22+/m1/s1. The van der Waals surface area contributed by atoms with Crippen LogP contribution in [-0.2, 0) is 20.7 Å². The zero-order valence-electron chi connectivity index (χ0n) is 19.4. The van der Waals surface area contributed by atoms with Gasteiger partial charge in [-0.05, 0) is 42.7 Å². The van der Waals surface area contributed by atoms with Crippen LogP contribution in [0.2, 0.25) is 0 Å². The first-order chi connectivity index (χ1) is 16.5. The number of rotatable bonds is 11. The van der Waals surface area contributed by atoms with E-state index in [0.29, 0.717) is 29.5 Å². The summed E-state index contributed by atoms with van der Waals surface area (Å²) < 4.78 is 10.3. The third-order valence-corrected chi connectivity index (χ3v) is 6.20. The summed E-state index contributed by atoms with van der Waals surface area (Å²) in [5.41, 5.74) is 1.90. The Hall–Kier alpha value is -3.68. The second-order valence-electron chi connectivity index (χ2n) is 8.72. The number of H-pyrrole nitrogens is 1. The van der Waals surface area contributed by atoms with Gasteiger partial charge in [0.15, 0.2) is 5.78 Å². The molecular weight excluding hydrogens is 434 g/mol. The number of benzene rings is 1. The van der Waals surface area contributed by atoms with Gasteiger partial charge in [0.1, 0.15) is 11.8 Å². The molecule has 2 aromatic heterocycles. The van der Waals surface area contributed by atoms with E-state index >= 15 is 0 Å². The lowest BCUT2D eigenvalue weighted by Gasteiger charge is -2.21. The van der Waals surface area contributed by atoms with Crippen LogP contribution >= 0.6 is 0 Å². The van der Waals surface area contributed by atoms with Crippen molar-refractivity contribution in [2.45, 2.75) is 38.1 Å². The number of hydrogen-bond donors (Lipinski definition) is 2. The van der Waals surface area contributed by atoms with Crippen LogP contribution in [0.5, 0.6) is 5.75 Å². The molecular formula is C26H29N3O5. The van der Waals surface area contributed by atoms with E-state index in [1.54, 1.807) is 31.5 Å². The summed E-state index contributed by atoms with van der Waals surface area (Å²) in [4.78, 5) is 46.1. The Labute approximate surface area is 198 Å². The van der Waals surface area contributed by atoms with Gasteiger partial charge in [0, 0.05) is 41.6 Å². The van der Waals surface area contributed by atoms with Crippen molar-refractivity contribution in [3.05, 3.63) is 60.0 Å². The second-order valence-corrected chi connectivity index (χ2v) is 8.72. The number of aromatic nitrogens is 2. The number of methoxy groups -OCH3 is 2. The number of nitrogens with zero attached hydrogens (tertiary/aromatic N) is 1. The maximum absolute atomic E-state index is 13.2. The van der Waals surface area contributed by atoms with Gasteiger partial charge >= 0.3 is 5.97 Å². The number of carbonyl (C=O) groups is 3. The van der Waals surface area contributed by atoms with E-state index in [1.807, 2.05) is 24.3 Å². The summed E-state index contributed by atoms with van der Waals surface area (Å²) in [6.45, 7) is 0. The molecule has 0 aliphatic heterocycles. The Morgan fingerprint density at radius 1 is 1.15 bits per heavy atom. The number of esters is 1. The fourth-order valence-corrected chi connectivity index (χ4v) is 4.18.